The van der Waals surface area contributed by atoms with Gasteiger partial charge in [0.15, 0.2) is 0 Å². The molecule has 0 atom stereocenters. The number of sulfonamides is 1. The molecule has 0 aliphatic heterocycles. The summed E-state index contributed by atoms with van der Waals surface area (Å²) in [6.07, 6.45) is 3.01. The van der Waals surface area contributed by atoms with Gasteiger partial charge in [-0.05, 0) is 30.3 Å². The Bertz CT molecular complexity index is 649. The first kappa shape index (κ1) is 15.6. The largest absolute Gasteiger partial charge is 0.491 e. The highest BCUT2D eigenvalue weighted by molar-refractivity contribution is 7.89. The van der Waals surface area contributed by atoms with Gasteiger partial charge in [-0.1, -0.05) is 0 Å². The second-order valence-electron chi connectivity index (χ2n) is 4.44. The third kappa shape index (κ3) is 3.84. The van der Waals surface area contributed by atoms with Crippen LogP contribution in [0, 0.1) is 0 Å². The molecule has 1 N–H and O–H groups in total. The summed E-state index contributed by atoms with van der Waals surface area (Å²) in [5.74, 6) is 0.514. The van der Waals surface area contributed by atoms with Gasteiger partial charge in [0.2, 0.25) is 10.0 Å². The molecule has 21 heavy (non-hydrogen) atoms. The topological polar surface area (TPSA) is 80.0 Å². The van der Waals surface area contributed by atoms with Crippen molar-refractivity contribution in [3.8, 4) is 5.75 Å². The Morgan fingerprint density at radius 3 is 2.52 bits per heavy atom. The summed E-state index contributed by atoms with van der Waals surface area (Å²) in [4.78, 5) is 0.185. The second-order valence-corrected chi connectivity index (χ2v) is 6.48. The van der Waals surface area contributed by atoms with Crippen molar-refractivity contribution in [3.05, 3.63) is 48.4 Å². The highest BCUT2D eigenvalue weighted by Crippen LogP contribution is 2.20. The van der Waals surface area contributed by atoms with Crippen molar-refractivity contribution < 1.29 is 22.7 Å². The minimum absolute atomic E-state index is 0.0898. The lowest BCUT2D eigenvalue weighted by molar-refractivity contribution is 0.201. The predicted octanol–water partition coefficient (Wildman–Crippen LogP) is 1.47. The van der Waals surface area contributed by atoms with Crippen LogP contribution in [0.25, 0.3) is 0 Å². The van der Waals surface area contributed by atoms with Gasteiger partial charge >= 0.3 is 0 Å². The molecule has 1 heterocycles. The molecule has 0 unspecified atom stereocenters. The Morgan fingerprint density at radius 1 is 1.24 bits per heavy atom. The first-order chi connectivity index (χ1) is 10.0. The minimum Gasteiger partial charge on any atom is -0.491 e. The fraction of sp³-hybridized carbons (Fsp3) is 0.286. The zero-order valence-electron chi connectivity index (χ0n) is 11.6. The van der Waals surface area contributed by atoms with Gasteiger partial charge in [-0.3, -0.25) is 0 Å². The van der Waals surface area contributed by atoms with Crippen molar-refractivity contribution >= 4 is 10.0 Å². The summed E-state index contributed by atoms with van der Waals surface area (Å²) in [5.41, 5.74) is 0.781. The standard InChI is InChI=1S/C14H17NO5S/c1-15(10-12-6-8-19-11-12)21(17,18)14-4-2-13(3-5-14)20-9-7-16/h2-6,8,11,16H,7,9-10H2,1H3. The Balaban J connectivity index is 2.11. The monoisotopic (exact) mass is 311 g/mol. The molecule has 6 nitrogen and oxygen atoms in total. The van der Waals surface area contributed by atoms with E-state index in [-0.39, 0.29) is 24.7 Å². The molecule has 0 aliphatic carbocycles. The molecule has 0 saturated carbocycles. The molecular weight excluding hydrogens is 294 g/mol. The molecule has 1 aromatic heterocycles. The number of rotatable bonds is 7. The van der Waals surface area contributed by atoms with Gasteiger partial charge in [-0.25, -0.2) is 8.42 Å². The number of furan rings is 1. The van der Waals surface area contributed by atoms with Crippen molar-refractivity contribution in [2.45, 2.75) is 11.4 Å². The molecule has 0 amide bonds. The first-order valence-corrected chi connectivity index (χ1v) is 7.79. The number of nitrogens with zero attached hydrogens (tertiary/aromatic N) is 1. The normalized spacial score (nSPS) is 11.8. The van der Waals surface area contributed by atoms with Gasteiger partial charge in [-0.2, -0.15) is 4.31 Å². The van der Waals surface area contributed by atoms with Gasteiger partial charge in [0.25, 0.3) is 0 Å². The number of hydrogen-bond acceptors (Lipinski definition) is 5. The lowest BCUT2D eigenvalue weighted by atomic mass is 10.3. The van der Waals surface area contributed by atoms with E-state index in [2.05, 4.69) is 0 Å². The quantitative estimate of drug-likeness (QED) is 0.837. The van der Waals surface area contributed by atoms with E-state index >= 15 is 0 Å². The molecule has 2 aromatic rings. The lowest BCUT2D eigenvalue weighted by Crippen LogP contribution is -2.26. The molecule has 0 bridgehead atoms. The molecule has 114 valence electrons. The van der Waals surface area contributed by atoms with Crippen LogP contribution in [0.15, 0.2) is 52.2 Å². The van der Waals surface area contributed by atoms with E-state index in [1.165, 1.54) is 36.0 Å². The van der Waals surface area contributed by atoms with Crippen LogP contribution in [-0.2, 0) is 16.6 Å². The summed E-state index contributed by atoms with van der Waals surface area (Å²) in [5, 5.41) is 8.67. The van der Waals surface area contributed by atoms with Crippen LogP contribution >= 0.6 is 0 Å². The van der Waals surface area contributed by atoms with E-state index in [1.807, 2.05) is 0 Å². The van der Waals surface area contributed by atoms with Crippen molar-refractivity contribution in [1.29, 1.82) is 0 Å². The van der Waals surface area contributed by atoms with Gasteiger partial charge in [0.1, 0.15) is 12.4 Å². The van der Waals surface area contributed by atoms with Gasteiger partial charge in [0, 0.05) is 19.2 Å². The molecule has 0 radical (unpaired) electrons. The minimum atomic E-state index is -3.57. The lowest BCUT2D eigenvalue weighted by Gasteiger charge is -2.16. The third-order valence-electron chi connectivity index (χ3n) is 2.88. The maximum Gasteiger partial charge on any atom is 0.243 e. The van der Waals surface area contributed by atoms with Crippen molar-refractivity contribution in [1.82, 2.24) is 4.31 Å². The maximum absolute atomic E-state index is 12.4. The van der Waals surface area contributed by atoms with Crippen LogP contribution in [0.1, 0.15) is 5.56 Å². The Labute approximate surface area is 123 Å². The highest BCUT2D eigenvalue weighted by Gasteiger charge is 2.21. The highest BCUT2D eigenvalue weighted by atomic mass is 32.2. The van der Waals surface area contributed by atoms with Crippen molar-refractivity contribution in [3.63, 3.8) is 0 Å². The van der Waals surface area contributed by atoms with E-state index in [0.29, 0.717) is 5.75 Å². The van der Waals surface area contributed by atoms with Gasteiger partial charge in [-0.15, -0.1) is 0 Å². The number of aliphatic hydroxyl groups excluding tert-OH is 1. The van der Waals surface area contributed by atoms with Crippen molar-refractivity contribution in [2.75, 3.05) is 20.3 Å². The molecule has 0 aliphatic rings. The van der Waals surface area contributed by atoms with Crippen LogP contribution in [0.2, 0.25) is 0 Å². The molecule has 0 spiro atoms. The van der Waals surface area contributed by atoms with E-state index < -0.39 is 10.0 Å². The van der Waals surface area contributed by atoms with Crippen LogP contribution in [-0.4, -0.2) is 38.1 Å². The van der Waals surface area contributed by atoms with Crippen LogP contribution < -0.4 is 4.74 Å². The number of ether oxygens (including phenoxy) is 1. The summed E-state index contributed by atoms with van der Waals surface area (Å²) >= 11 is 0. The smallest absolute Gasteiger partial charge is 0.243 e. The fourth-order valence-corrected chi connectivity index (χ4v) is 2.93. The zero-order chi connectivity index (χ0) is 15.3. The van der Waals surface area contributed by atoms with Crippen LogP contribution in [0.3, 0.4) is 0 Å². The Hall–Kier alpha value is -1.83. The molecule has 2 rings (SSSR count). The summed E-state index contributed by atoms with van der Waals surface area (Å²) < 4.78 is 36.2. The maximum atomic E-state index is 12.4. The molecule has 0 saturated heterocycles. The summed E-state index contributed by atoms with van der Waals surface area (Å²) in [7, 11) is -2.05. The molecule has 7 heteroatoms. The summed E-state index contributed by atoms with van der Waals surface area (Å²) in [6, 6.07) is 7.81. The molecular formula is C14H17NO5S. The fourth-order valence-electron chi connectivity index (χ4n) is 1.78. The number of benzene rings is 1. The zero-order valence-corrected chi connectivity index (χ0v) is 12.4. The number of aliphatic hydroxyl groups is 1. The average Bonchev–Trinajstić information content (AvgIpc) is 2.98. The van der Waals surface area contributed by atoms with E-state index in [9.17, 15) is 8.42 Å². The Morgan fingerprint density at radius 2 is 1.95 bits per heavy atom. The van der Waals surface area contributed by atoms with Crippen molar-refractivity contribution in [2.24, 2.45) is 0 Å². The molecule has 0 fully saturated rings. The van der Waals surface area contributed by atoms with E-state index in [0.717, 1.165) is 5.56 Å². The Kier molecular flexibility index (Phi) is 5.00. The van der Waals surface area contributed by atoms with E-state index in [1.54, 1.807) is 18.2 Å². The number of hydrogen-bond donors (Lipinski definition) is 1. The predicted molar refractivity (Wildman–Crippen MR) is 76.4 cm³/mol. The first-order valence-electron chi connectivity index (χ1n) is 6.35. The summed E-state index contributed by atoms with van der Waals surface area (Å²) in [6.45, 7) is 0.321. The average molecular weight is 311 g/mol. The SMILES string of the molecule is CN(Cc1ccoc1)S(=O)(=O)c1ccc(OCCO)cc1. The van der Waals surface area contributed by atoms with Gasteiger partial charge in [0.05, 0.1) is 24.0 Å². The third-order valence-corrected chi connectivity index (χ3v) is 4.69. The second kappa shape index (κ2) is 6.75. The van der Waals surface area contributed by atoms with Gasteiger partial charge < -0.3 is 14.3 Å². The van der Waals surface area contributed by atoms with Crippen LogP contribution in [0.5, 0.6) is 5.75 Å². The van der Waals surface area contributed by atoms with Crippen LogP contribution in [0.4, 0.5) is 0 Å². The van der Waals surface area contributed by atoms with E-state index in [4.69, 9.17) is 14.3 Å². The molecule has 1 aromatic carbocycles.